The highest BCUT2D eigenvalue weighted by molar-refractivity contribution is 5.67. The summed E-state index contributed by atoms with van der Waals surface area (Å²) in [5.41, 5.74) is 0.945. The second-order valence-electron chi connectivity index (χ2n) is 6.37. The fourth-order valence-corrected chi connectivity index (χ4v) is 1.97. The van der Waals surface area contributed by atoms with Crippen molar-refractivity contribution in [2.45, 2.75) is 52.6 Å². The zero-order chi connectivity index (χ0) is 15.0. The maximum absolute atomic E-state index is 11.5. The van der Waals surface area contributed by atoms with Gasteiger partial charge in [0, 0.05) is 6.54 Å². The van der Waals surface area contributed by atoms with Crippen molar-refractivity contribution in [2.24, 2.45) is 5.92 Å². The lowest BCUT2D eigenvalue weighted by Crippen LogP contribution is -2.34. The van der Waals surface area contributed by atoms with Crippen LogP contribution in [-0.4, -0.2) is 18.2 Å². The number of benzene rings is 1. The molecule has 1 aromatic carbocycles. The molecule has 1 N–H and O–H groups in total. The van der Waals surface area contributed by atoms with Crippen LogP contribution in [0.4, 0.5) is 4.79 Å². The monoisotopic (exact) mass is 277 g/mol. The summed E-state index contributed by atoms with van der Waals surface area (Å²) in [5, 5.41) is 2.83. The number of hydrogen-bond acceptors (Lipinski definition) is 2. The van der Waals surface area contributed by atoms with Gasteiger partial charge in [0.15, 0.2) is 0 Å². The van der Waals surface area contributed by atoms with Crippen molar-refractivity contribution in [2.75, 3.05) is 6.54 Å². The van der Waals surface area contributed by atoms with E-state index in [2.05, 4.69) is 36.5 Å². The Morgan fingerprint density at radius 2 is 1.90 bits per heavy atom. The van der Waals surface area contributed by atoms with Crippen LogP contribution in [0.25, 0.3) is 0 Å². The van der Waals surface area contributed by atoms with Crippen molar-refractivity contribution in [3.63, 3.8) is 0 Å². The molecule has 0 radical (unpaired) electrons. The third-order valence-corrected chi connectivity index (χ3v) is 3.00. The molecule has 0 spiro atoms. The Morgan fingerprint density at radius 3 is 2.50 bits per heavy atom. The third kappa shape index (κ3) is 7.82. The Balaban J connectivity index is 2.14. The Labute approximate surface area is 122 Å². The van der Waals surface area contributed by atoms with Gasteiger partial charge in [-0.2, -0.15) is 0 Å². The minimum atomic E-state index is -0.430. The van der Waals surface area contributed by atoms with Crippen molar-refractivity contribution >= 4 is 6.09 Å². The molecule has 0 saturated heterocycles. The van der Waals surface area contributed by atoms with Gasteiger partial charge in [-0.15, -0.1) is 0 Å². The van der Waals surface area contributed by atoms with E-state index < -0.39 is 5.60 Å². The molecular weight excluding hydrogens is 250 g/mol. The molecule has 1 amide bonds. The molecule has 3 nitrogen and oxygen atoms in total. The first-order valence-corrected chi connectivity index (χ1v) is 7.37. The third-order valence-electron chi connectivity index (χ3n) is 3.00. The lowest BCUT2D eigenvalue weighted by molar-refractivity contribution is 0.0519. The number of alkyl carbamates (subject to hydrolysis) is 1. The fraction of sp³-hybridized carbons (Fsp3) is 0.588. The van der Waals surface area contributed by atoms with Crippen LogP contribution in [0.1, 0.15) is 46.1 Å². The van der Waals surface area contributed by atoms with Crippen LogP contribution < -0.4 is 5.32 Å². The molecule has 0 bridgehead atoms. The lowest BCUT2D eigenvalue weighted by Gasteiger charge is -2.20. The van der Waals surface area contributed by atoms with Crippen molar-refractivity contribution in [1.29, 1.82) is 0 Å². The summed E-state index contributed by atoms with van der Waals surface area (Å²) >= 11 is 0. The molecule has 0 aliphatic rings. The smallest absolute Gasteiger partial charge is 0.407 e. The fourth-order valence-electron chi connectivity index (χ4n) is 1.97. The number of carbonyl (C=O) groups is 1. The Bertz CT molecular complexity index is 395. The van der Waals surface area contributed by atoms with Gasteiger partial charge in [-0.05, 0) is 51.5 Å². The largest absolute Gasteiger partial charge is 0.444 e. The van der Waals surface area contributed by atoms with E-state index in [9.17, 15) is 4.79 Å². The van der Waals surface area contributed by atoms with Crippen molar-refractivity contribution in [3.8, 4) is 0 Å². The quantitative estimate of drug-likeness (QED) is 0.847. The van der Waals surface area contributed by atoms with Crippen molar-refractivity contribution in [3.05, 3.63) is 35.9 Å². The maximum atomic E-state index is 11.5. The molecule has 0 fully saturated rings. The average Bonchev–Trinajstić information content (AvgIpc) is 2.36. The van der Waals surface area contributed by atoms with Gasteiger partial charge in [0.25, 0.3) is 0 Å². The van der Waals surface area contributed by atoms with Crippen LogP contribution in [0, 0.1) is 5.92 Å². The van der Waals surface area contributed by atoms with E-state index in [-0.39, 0.29) is 6.09 Å². The Kier molecular flexibility index (Phi) is 6.56. The van der Waals surface area contributed by atoms with Gasteiger partial charge in [-0.3, -0.25) is 0 Å². The van der Waals surface area contributed by atoms with E-state index in [0.717, 1.165) is 19.3 Å². The minimum absolute atomic E-state index is 0.326. The van der Waals surface area contributed by atoms with E-state index in [0.29, 0.717) is 12.5 Å². The van der Waals surface area contributed by atoms with Crippen molar-refractivity contribution < 1.29 is 9.53 Å². The highest BCUT2D eigenvalue weighted by Gasteiger charge is 2.16. The second kappa shape index (κ2) is 7.93. The van der Waals surface area contributed by atoms with Gasteiger partial charge < -0.3 is 10.1 Å². The number of aryl methyl sites for hydroxylation is 1. The number of ether oxygens (including phenoxy) is 1. The Morgan fingerprint density at radius 1 is 1.25 bits per heavy atom. The summed E-state index contributed by atoms with van der Waals surface area (Å²) in [5.74, 6) is 0.464. The molecule has 0 aliphatic carbocycles. The highest BCUT2D eigenvalue weighted by atomic mass is 16.6. The van der Waals surface area contributed by atoms with Gasteiger partial charge in [0.1, 0.15) is 5.60 Å². The first-order valence-electron chi connectivity index (χ1n) is 7.37. The molecule has 1 atom stereocenters. The van der Waals surface area contributed by atoms with Gasteiger partial charge in [-0.25, -0.2) is 4.79 Å². The summed E-state index contributed by atoms with van der Waals surface area (Å²) < 4.78 is 5.21. The van der Waals surface area contributed by atoms with Crippen LogP contribution in [0.15, 0.2) is 30.3 Å². The zero-order valence-electron chi connectivity index (χ0n) is 13.1. The number of carbonyl (C=O) groups excluding carboxylic acids is 1. The van der Waals surface area contributed by atoms with E-state index >= 15 is 0 Å². The summed E-state index contributed by atoms with van der Waals surface area (Å²) in [4.78, 5) is 11.5. The first kappa shape index (κ1) is 16.5. The van der Waals surface area contributed by atoms with E-state index in [1.54, 1.807) is 0 Å². The van der Waals surface area contributed by atoms with E-state index in [4.69, 9.17) is 4.74 Å². The topological polar surface area (TPSA) is 38.3 Å². The number of hydrogen-bond donors (Lipinski definition) is 1. The van der Waals surface area contributed by atoms with Gasteiger partial charge in [0.05, 0.1) is 0 Å². The molecule has 0 unspecified atom stereocenters. The van der Waals surface area contributed by atoms with Crippen LogP contribution in [-0.2, 0) is 11.2 Å². The zero-order valence-corrected chi connectivity index (χ0v) is 13.1. The molecule has 3 heteroatoms. The summed E-state index contributed by atoms with van der Waals surface area (Å²) in [6.45, 7) is 8.44. The van der Waals surface area contributed by atoms with Crippen LogP contribution in [0.3, 0.4) is 0 Å². The van der Waals surface area contributed by atoms with Crippen LogP contribution in [0.2, 0.25) is 0 Å². The molecule has 0 heterocycles. The van der Waals surface area contributed by atoms with Crippen molar-refractivity contribution in [1.82, 2.24) is 5.32 Å². The average molecular weight is 277 g/mol. The highest BCUT2D eigenvalue weighted by Crippen LogP contribution is 2.10. The molecule has 1 aromatic rings. The van der Waals surface area contributed by atoms with Gasteiger partial charge >= 0.3 is 6.09 Å². The predicted molar refractivity (Wildman–Crippen MR) is 82.8 cm³/mol. The molecule has 0 saturated carbocycles. The van der Waals surface area contributed by atoms with Gasteiger partial charge in [0.2, 0.25) is 0 Å². The van der Waals surface area contributed by atoms with Crippen LogP contribution in [0.5, 0.6) is 0 Å². The SMILES string of the molecule is C[C@H](CCCc1ccccc1)CNC(=O)OC(C)(C)C. The number of nitrogens with one attached hydrogen (secondary N) is 1. The predicted octanol–water partition coefficient (Wildman–Crippen LogP) is 4.17. The summed E-state index contributed by atoms with van der Waals surface area (Å²) in [6, 6.07) is 10.5. The number of rotatable bonds is 6. The lowest BCUT2D eigenvalue weighted by atomic mass is 10.0. The number of amides is 1. The molecule has 1 rings (SSSR count). The standard InChI is InChI=1S/C17H27NO2/c1-14(13-18-16(19)20-17(2,3)4)9-8-12-15-10-6-5-7-11-15/h5-7,10-11,14H,8-9,12-13H2,1-4H3,(H,18,19)/t14-/m1/s1. The van der Waals surface area contributed by atoms with Gasteiger partial charge in [-0.1, -0.05) is 37.3 Å². The minimum Gasteiger partial charge on any atom is -0.444 e. The Hall–Kier alpha value is -1.51. The maximum Gasteiger partial charge on any atom is 0.407 e. The first-order chi connectivity index (χ1) is 9.37. The molecule has 0 aromatic heterocycles. The summed E-state index contributed by atoms with van der Waals surface area (Å²) in [6.07, 6.45) is 3.01. The van der Waals surface area contributed by atoms with E-state index in [1.165, 1.54) is 5.56 Å². The van der Waals surface area contributed by atoms with Crippen LogP contribution >= 0.6 is 0 Å². The van der Waals surface area contributed by atoms with E-state index in [1.807, 2.05) is 26.8 Å². The molecular formula is C17H27NO2. The molecule has 0 aliphatic heterocycles. The molecule has 112 valence electrons. The molecule has 20 heavy (non-hydrogen) atoms. The second-order valence-corrected chi connectivity index (χ2v) is 6.37. The summed E-state index contributed by atoms with van der Waals surface area (Å²) in [7, 11) is 0. The normalized spacial score (nSPS) is 12.8.